The van der Waals surface area contributed by atoms with Crippen LogP contribution in [0.3, 0.4) is 0 Å². The highest BCUT2D eigenvalue weighted by molar-refractivity contribution is 5.75. The molecule has 1 amide bonds. The van der Waals surface area contributed by atoms with Crippen molar-refractivity contribution in [1.29, 1.82) is 0 Å². The van der Waals surface area contributed by atoms with Crippen molar-refractivity contribution >= 4 is 5.91 Å². The van der Waals surface area contributed by atoms with E-state index in [2.05, 4.69) is 39.7 Å². The number of carbonyl (C=O) groups excluding carboxylic acids is 1. The van der Waals surface area contributed by atoms with Gasteiger partial charge in [0.05, 0.1) is 6.54 Å². The monoisotopic (exact) mass is 266 g/mol. The molecule has 0 radical (unpaired) electrons. The van der Waals surface area contributed by atoms with Gasteiger partial charge in [-0.3, -0.25) is 4.79 Å². The van der Waals surface area contributed by atoms with Crippen molar-refractivity contribution in [1.82, 2.24) is 30.4 Å². The first-order valence-corrected chi connectivity index (χ1v) is 6.67. The van der Waals surface area contributed by atoms with Crippen LogP contribution in [0.4, 0.5) is 0 Å². The first kappa shape index (κ1) is 13.9. The summed E-state index contributed by atoms with van der Waals surface area (Å²) in [4.78, 5) is 14.1. The summed E-state index contributed by atoms with van der Waals surface area (Å²) in [6, 6.07) is 0. The van der Waals surface area contributed by atoms with Crippen LogP contribution in [0.15, 0.2) is 0 Å². The van der Waals surface area contributed by atoms with E-state index in [1.165, 1.54) is 0 Å². The zero-order chi connectivity index (χ0) is 13.9. The van der Waals surface area contributed by atoms with Crippen LogP contribution in [0, 0.1) is 12.3 Å². The predicted octanol–water partition coefficient (Wildman–Crippen LogP) is -0.170. The van der Waals surface area contributed by atoms with Gasteiger partial charge in [0.1, 0.15) is 5.82 Å². The van der Waals surface area contributed by atoms with E-state index in [4.69, 9.17) is 0 Å². The highest BCUT2D eigenvalue weighted by Gasteiger charge is 2.32. The molecule has 0 unspecified atom stereocenters. The number of aromatic nitrogens is 4. The second-order valence-electron chi connectivity index (χ2n) is 5.77. The molecule has 0 aromatic carbocycles. The SMILES string of the molecule is Cc1nnnn1CCC(=O)NC[C@@]1(C)CCN(C)C1. The van der Waals surface area contributed by atoms with Crippen LogP contribution < -0.4 is 5.32 Å². The lowest BCUT2D eigenvalue weighted by atomic mass is 9.90. The summed E-state index contributed by atoms with van der Waals surface area (Å²) in [6.07, 6.45) is 1.55. The lowest BCUT2D eigenvalue weighted by molar-refractivity contribution is -0.121. The van der Waals surface area contributed by atoms with Crippen LogP contribution in [0.5, 0.6) is 0 Å². The minimum Gasteiger partial charge on any atom is -0.355 e. The van der Waals surface area contributed by atoms with Crippen molar-refractivity contribution in [3.63, 3.8) is 0 Å². The first-order chi connectivity index (χ1) is 8.98. The van der Waals surface area contributed by atoms with Gasteiger partial charge in [0.2, 0.25) is 5.91 Å². The van der Waals surface area contributed by atoms with E-state index in [1.54, 1.807) is 4.68 Å². The van der Waals surface area contributed by atoms with Crippen LogP contribution in [0.25, 0.3) is 0 Å². The number of nitrogens with one attached hydrogen (secondary N) is 1. The lowest BCUT2D eigenvalue weighted by Crippen LogP contribution is -2.37. The third kappa shape index (κ3) is 3.73. The van der Waals surface area contributed by atoms with Gasteiger partial charge in [-0.25, -0.2) is 4.68 Å². The number of nitrogens with zero attached hydrogens (tertiary/aromatic N) is 5. The zero-order valence-electron chi connectivity index (χ0n) is 11.9. The molecule has 1 N–H and O–H groups in total. The molecule has 1 aromatic heterocycles. The molecule has 1 aromatic rings. The van der Waals surface area contributed by atoms with E-state index < -0.39 is 0 Å². The van der Waals surface area contributed by atoms with Crippen molar-refractivity contribution in [3.8, 4) is 0 Å². The highest BCUT2D eigenvalue weighted by atomic mass is 16.1. The predicted molar refractivity (Wildman–Crippen MR) is 70.4 cm³/mol. The molecule has 1 aliphatic heterocycles. The van der Waals surface area contributed by atoms with Crippen molar-refractivity contribution in [3.05, 3.63) is 5.82 Å². The quantitative estimate of drug-likeness (QED) is 0.801. The molecule has 106 valence electrons. The maximum absolute atomic E-state index is 11.8. The number of amides is 1. The minimum atomic E-state index is 0.0608. The molecule has 7 nitrogen and oxygen atoms in total. The number of rotatable bonds is 5. The average Bonchev–Trinajstić information content (AvgIpc) is 2.91. The van der Waals surface area contributed by atoms with Gasteiger partial charge in [-0.1, -0.05) is 6.92 Å². The molecular formula is C12H22N6O. The van der Waals surface area contributed by atoms with E-state index in [0.717, 1.165) is 31.9 Å². The summed E-state index contributed by atoms with van der Waals surface area (Å²) < 4.78 is 1.64. The topological polar surface area (TPSA) is 75.9 Å². The molecule has 1 fully saturated rings. The Morgan fingerprint density at radius 2 is 2.32 bits per heavy atom. The molecule has 0 aliphatic carbocycles. The highest BCUT2D eigenvalue weighted by Crippen LogP contribution is 2.27. The molecule has 19 heavy (non-hydrogen) atoms. The molecule has 0 spiro atoms. The Hall–Kier alpha value is -1.50. The van der Waals surface area contributed by atoms with Crippen LogP contribution in [-0.4, -0.2) is 57.7 Å². The second kappa shape index (κ2) is 5.64. The van der Waals surface area contributed by atoms with Crippen molar-refractivity contribution in [2.24, 2.45) is 5.41 Å². The maximum atomic E-state index is 11.8. The standard InChI is InChI=1S/C12H22N6O/c1-10-14-15-16-18(10)6-4-11(19)13-8-12(2)5-7-17(3)9-12/h4-9H2,1-3H3,(H,13,19)/t12-/m1/s1. The number of aryl methyl sites for hydroxylation is 2. The Bertz CT molecular complexity index is 445. The van der Waals surface area contributed by atoms with Crippen LogP contribution in [-0.2, 0) is 11.3 Å². The number of hydrogen-bond donors (Lipinski definition) is 1. The fourth-order valence-corrected chi connectivity index (χ4v) is 2.48. The Morgan fingerprint density at radius 1 is 1.53 bits per heavy atom. The minimum absolute atomic E-state index is 0.0608. The van der Waals surface area contributed by atoms with E-state index in [-0.39, 0.29) is 11.3 Å². The zero-order valence-corrected chi connectivity index (χ0v) is 11.9. The van der Waals surface area contributed by atoms with Crippen LogP contribution in [0.1, 0.15) is 25.6 Å². The normalized spacial score (nSPS) is 23.7. The maximum Gasteiger partial charge on any atom is 0.221 e. The van der Waals surface area contributed by atoms with E-state index in [1.807, 2.05) is 6.92 Å². The Morgan fingerprint density at radius 3 is 2.89 bits per heavy atom. The van der Waals surface area contributed by atoms with E-state index >= 15 is 0 Å². The summed E-state index contributed by atoms with van der Waals surface area (Å²) in [5, 5.41) is 14.2. The van der Waals surface area contributed by atoms with Gasteiger partial charge >= 0.3 is 0 Å². The molecule has 0 saturated carbocycles. The van der Waals surface area contributed by atoms with Crippen LogP contribution in [0.2, 0.25) is 0 Å². The Labute approximate surface area is 113 Å². The third-order valence-electron chi connectivity index (χ3n) is 3.72. The van der Waals surface area contributed by atoms with Gasteiger partial charge in [0.15, 0.2) is 0 Å². The Balaban J connectivity index is 1.72. The van der Waals surface area contributed by atoms with Gasteiger partial charge in [0.25, 0.3) is 0 Å². The molecule has 2 rings (SSSR count). The smallest absolute Gasteiger partial charge is 0.221 e. The number of likely N-dealkylation sites (tertiary alicyclic amines) is 1. The third-order valence-corrected chi connectivity index (χ3v) is 3.72. The fourth-order valence-electron chi connectivity index (χ4n) is 2.48. The van der Waals surface area contributed by atoms with Crippen LogP contribution >= 0.6 is 0 Å². The second-order valence-corrected chi connectivity index (χ2v) is 5.77. The molecule has 1 aliphatic rings. The molecule has 7 heteroatoms. The van der Waals surface area contributed by atoms with Crippen molar-refractivity contribution < 1.29 is 4.79 Å². The van der Waals surface area contributed by atoms with Crippen molar-refractivity contribution in [2.45, 2.75) is 33.2 Å². The Kier molecular flexibility index (Phi) is 4.14. The summed E-state index contributed by atoms with van der Waals surface area (Å²) in [6.45, 7) is 7.47. The summed E-state index contributed by atoms with van der Waals surface area (Å²) in [5.74, 6) is 0.794. The largest absolute Gasteiger partial charge is 0.355 e. The van der Waals surface area contributed by atoms with Gasteiger partial charge in [-0.2, -0.15) is 0 Å². The summed E-state index contributed by atoms with van der Waals surface area (Å²) in [7, 11) is 2.12. The van der Waals surface area contributed by atoms with Gasteiger partial charge < -0.3 is 10.2 Å². The van der Waals surface area contributed by atoms with Gasteiger partial charge in [0, 0.05) is 19.5 Å². The van der Waals surface area contributed by atoms with Gasteiger partial charge in [-0.05, 0) is 42.8 Å². The first-order valence-electron chi connectivity index (χ1n) is 6.67. The fraction of sp³-hybridized carbons (Fsp3) is 0.833. The molecular weight excluding hydrogens is 244 g/mol. The molecule has 1 saturated heterocycles. The van der Waals surface area contributed by atoms with E-state index in [9.17, 15) is 4.79 Å². The van der Waals surface area contributed by atoms with Gasteiger partial charge in [-0.15, -0.1) is 5.10 Å². The lowest BCUT2D eigenvalue weighted by Gasteiger charge is -2.24. The van der Waals surface area contributed by atoms with E-state index in [0.29, 0.717) is 13.0 Å². The molecule has 0 bridgehead atoms. The average molecular weight is 266 g/mol. The number of hydrogen-bond acceptors (Lipinski definition) is 5. The van der Waals surface area contributed by atoms with Crippen molar-refractivity contribution in [2.75, 3.05) is 26.7 Å². The molecule has 1 atom stereocenters. The number of carbonyl (C=O) groups is 1. The summed E-state index contributed by atoms with van der Waals surface area (Å²) in [5.41, 5.74) is 0.204. The summed E-state index contributed by atoms with van der Waals surface area (Å²) >= 11 is 0. The number of tetrazole rings is 1. The molecule has 2 heterocycles.